The maximum atomic E-state index is 6.11. The van der Waals surface area contributed by atoms with Crippen molar-refractivity contribution >= 4 is 17.2 Å². The van der Waals surface area contributed by atoms with Crippen LogP contribution < -0.4 is 4.74 Å². The summed E-state index contributed by atoms with van der Waals surface area (Å²) in [5.74, 6) is 0.796. The molecule has 0 saturated carbocycles. The second-order valence-electron chi connectivity index (χ2n) is 3.71. The molecule has 1 aromatic rings. The maximum Gasteiger partial charge on any atom is 0.137 e. The lowest BCUT2D eigenvalue weighted by Gasteiger charge is -2.16. The number of allylic oxidation sites excluding steroid dienone is 2. The van der Waals surface area contributed by atoms with Crippen LogP contribution in [-0.4, -0.2) is 17.5 Å². The first-order valence-corrected chi connectivity index (χ1v) is 5.57. The summed E-state index contributed by atoms with van der Waals surface area (Å²) in [5.41, 5.74) is 2.41. The lowest BCUT2D eigenvalue weighted by molar-refractivity contribution is 0.412. The van der Waals surface area contributed by atoms with Gasteiger partial charge in [0.15, 0.2) is 0 Å². The number of rotatable bonds is 2. The third-order valence-electron chi connectivity index (χ3n) is 2.63. The van der Waals surface area contributed by atoms with Crippen molar-refractivity contribution in [2.24, 2.45) is 0 Å². The maximum absolute atomic E-state index is 6.11. The molecule has 0 fully saturated rings. The molecule has 1 heterocycles. The summed E-state index contributed by atoms with van der Waals surface area (Å²) >= 11 is 6.11. The molecule has 80 valence electrons. The molecule has 0 aliphatic heterocycles. The predicted octanol–water partition coefficient (Wildman–Crippen LogP) is 3.26. The molecule has 0 spiro atoms. The minimum atomic E-state index is 0.167. The molecule has 0 N–H and O–H groups in total. The number of ether oxygens (including phenoxy) is 1. The average Bonchev–Trinajstić information content (AvgIpc) is 2.29. The van der Waals surface area contributed by atoms with Gasteiger partial charge in [-0.1, -0.05) is 6.08 Å². The van der Waals surface area contributed by atoms with Gasteiger partial charge in [-0.2, -0.15) is 0 Å². The average molecular weight is 224 g/mol. The van der Waals surface area contributed by atoms with Crippen LogP contribution in [0, 0.1) is 0 Å². The first kappa shape index (κ1) is 10.5. The van der Waals surface area contributed by atoms with Gasteiger partial charge >= 0.3 is 0 Å². The van der Waals surface area contributed by atoms with Gasteiger partial charge in [-0.25, -0.2) is 0 Å². The Labute approximate surface area is 94.9 Å². The van der Waals surface area contributed by atoms with Crippen LogP contribution in [0.2, 0.25) is 0 Å². The van der Waals surface area contributed by atoms with Gasteiger partial charge in [-0.05, 0) is 36.5 Å². The van der Waals surface area contributed by atoms with E-state index >= 15 is 0 Å². The minimum absolute atomic E-state index is 0.167. The van der Waals surface area contributed by atoms with E-state index in [1.807, 2.05) is 12.3 Å². The van der Waals surface area contributed by atoms with Crippen molar-refractivity contribution in [2.75, 3.05) is 7.11 Å². The quantitative estimate of drug-likeness (QED) is 0.718. The van der Waals surface area contributed by atoms with Crippen molar-refractivity contribution in [1.82, 2.24) is 4.98 Å². The Morgan fingerprint density at radius 1 is 1.47 bits per heavy atom. The normalized spacial score (nSPS) is 20.9. The molecule has 1 aliphatic carbocycles. The molecule has 0 aromatic carbocycles. The van der Waals surface area contributed by atoms with Gasteiger partial charge in [0.2, 0.25) is 0 Å². The summed E-state index contributed by atoms with van der Waals surface area (Å²) in [4.78, 5) is 4.15. The van der Waals surface area contributed by atoms with Crippen LogP contribution in [-0.2, 0) is 0 Å². The van der Waals surface area contributed by atoms with Crippen LogP contribution in [0.15, 0.2) is 24.5 Å². The standard InChI is InChI=1S/C12H14ClNO/c1-15-12-6-10(7-14-8-12)9-3-2-4-11(13)5-9/h5-8,11H,2-4H2,1H3. The fourth-order valence-corrected chi connectivity index (χ4v) is 2.13. The largest absolute Gasteiger partial charge is 0.495 e. The van der Waals surface area contributed by atoms with Gasteiger partial charge in [-0.15, -0.1) is 11.6 Å². The van der Waals surface area contributed by atoms with Crippen LogP contribution in [0.25, 0.3) is 5.57 Å². The Morgan fingerprint density at radius 2 is 2.33 bits per heavy atom. The summed E-state index contributed by atoms with van der Waals surface area (Å²) in [7, 11) is 1.65. The van der Waals surface area contributed by atoms with Crippen molar-refractivity contribution in [2.45, 2.75) is 24.6 Å². The van der Waals surface area contributed by atoms with Crippen molar-refractivity contribution in [3.8, 4) is 5.75 Å². The summed E-state index contributed by atoms with van der Waals surface area (Å²) < 4.78 is 5.15. The van der Waals surface area contributed by atoms with Gasteiger partial charge in [0.25, 0.3) is 0 Å². The van der Waals surface area contributed by atoms with Crippen molar-refractivity contribution in [3.63, 3.8) is 0 Å². The molecule has 3 heteroatoms. The van der Waals surface area contributed by atoms with Crippen molar-refractivity contribution in [1.29, 1.82) is 0 Å². The summed E-state index contributed by atoms with van der Waals surface area (Å²) in [6, 6.07) is 2.01. The van der Waals surface area contributed by atoms with Crippen LogP contribution in [0.3, 0.4) is 0 Å². The molecular formula is C12H14ClNO. The van der Waals surface area contributed by atoms with Gasteiger partial charge in [0.1, 0.15) is 5.75 Å². The Kier molecular flexibility index (Phi) is 3.27. The van der Waals surface area contributed by atoms with Crippen molar-refractivity contribution in [3.05, 3.63) is 30.1 Å². The molecule has 0 radical (unpaired) electrons. The van der Waals surface area contributed by atoms with Gasteiger partial charge in [-0.3, -0.25) is 4.98 Å². The number of pyridine rings is 1. The minimum Gasteiger partial charge on any atom is -0.495 e. The Balaban J connectivity index is 2.28. The molecule has 2 nitrogen and oxygen atoms in total. The smallest absolute Gasteiger partial charge is 0.137 e. The Morgan fingerprint density at radius 3 is 3.07 bits per heavy atom. The zero-order valence-electron chi connectivity index (χ0n) is 8.74. The SMILES string of the molecule is COc1cncc(C2=CC(Cl)CCC2)c1. The number of hydrogen-bond donors (Lipinski definition) is 0. The first-order valence-electron chi connectivity index (χ1n) is 5.14. The first-order chi connectivity index (χ1) is 7.29. The Bertz CT molecular complexity index is 376. The van der Waals surface area contributed by atoms with Gasteiger partial charge < -0.3 is 4.74 Å². The molecule has 1 aliphatic rings. The molecular weight excluding hydrogens is 210 g/mol. The highest BCUT2D eigenvalue weighted by atomic mass is 35.5. The van der Waals surface area contributed by atoms with E-state index in [-0.39, 0.29) is 5.38 Å². The highest BCUT2D eigenvalue weighted by molar-refractivity contribution is 6.22. The zero-order valence-corrected chi connectivity index (χ0v) is 9.50. The highest BCUT2D eigenvalue weighted by Crippen LogP contribution is 2.29. The van der Waals surface area contributed by atoms with E-state index < -0.39 is 0 Å². The number of methoxy groups -OCH3 is 1. The second kappa shape index (κ2) is 4.67. The molecule has 1 atom stereocenters. The number of halogens is 1. The van der Waals surface area contributed by atoms with Crippen LogP contribution in [0.1, 0.15) is 24.8 Å². The molecule has 15 heavy (non-hydrogen) atoms. The van der Waals surface area contributed by atoms with E-state index in [1.54, 1.807) is 13.3 Å². The molecule has 0 bridgehead atoms. The molecule has 0 amide bonds. The molecule has 2 rings (SSSR count). The zero-order chi connectivity index (χ0) is 10.7. The number of aromatic nitrogens is 1. The summed E-state index contributed by atoms with van der Waals surface area (Å²) in [5, 5.41) is 0.167. The molecule has 1 unspecified atom stereocenters. The summed E-state index contributed by atoms with van der Waals surface area (Å²) in [6.45, 7) is 0. The van der Waals surface area contributed by atoms with E-state index in [0.29, 0.717) is 0 Å². The van der Waals surface area contributed by atoms with Crippen LogP contribution in [0.4, 0.5) is 0 Å². The highest BCUT2D eigenvalue weighted by Gasteiger charge is 2.12. The van der Waals surface area contributed by atoms with Gasteiger partial charge in [0.05, 0.1) is 18.7 Å². The lowest BCUT2D eigenvalue weighted by atomic mass is 9.94. The topological polar surface area (TPSA) is 22.1 Å². The number of hydrogen-bond acceptors (Lipinski definition) is 2. The van der Waals surface area contributed by atoms with E-state index in [9.17, 15) is 0 Å². The monoisotopic (exact) mass is 223 g/mol. The lowest BCUT2D eigenvalue weighted by Crippen LogP contribution is -2.03. The molecule has 1 aromatic heterocycles. The fraction of sp³-hybridized carbons (Fsp3) is 0.417. The third kappa shape index (κ3) is 2.51. The number of nitrogens with zero attached hydrogens (tertiary/aromatic N) is 1. The fourth-order valence-electron chi connectivity index (χ4n) is 1.82. The predicted molar refractivity (Wildman–Crippen MR) is 62.3 cm³/mol. The second-order valence-corrected chi connectivity index (χ2v) is 4.27. The number of alkyl halides is 1. The van der Waals surface area contributed by atoms with E-state index in [1.165, 1.54) is 5.57 Å². The van der Waals surface area contributed by atoms with E-state index in [4.69, 9.17) is 16.3 Å². The van der Waals surface area contributed by atoms with Crippen molar-refractivity contribution < 1.29 is 4.74 Å². The van der Waals surface area contributed by atoms with E-state index in [0.717, 1.165) is 30.6 Å². The third-order valence-corrected chi connectivity index (χ3v) is 2.97. The molecule has 0 saturated heterocycles. The van der Waals surface area contributed by atoms with E-state index in [2.05, 4.69) is 11.1 Å². The van der Waals surface area contributed by atoms with Gasteiger partial charge in [0, 0.05) is 6.20 Å². The summed E-state index contributed by atoms with van der Waals surface area (Å²) in [6.07, 6.45) is 9.01. The van der Waals surface area contributed by atoms with Crippen LogP contribution in [0.5, 0.6) is 5.75 Å². The Hall–Kier alpha value is -1.02. The van der Waals surface area contributed by atoms with Crippen LogP contribution >= 0.6 is 11.6 Å².